The van der Waals surface area contributed by atoms with Gasteiger partial charge >= 0.3 is 0 Å². The molecule has 1 aromatic rings. The Labute approximate surface area is 112 Å². The number of likely N-dealkylation sites (tertiary alicyclic amines) is 1. The highest BCUT2D eigenvalue weighted by Gasteiger charge is 2.32. The molecular weight excluding hydrogens is 244 g/mol. The van der Waals surface area contributed by atoms with Crippen LogP contribution in [0.2, 0.25) is 0 Å². The van der Waals surface area contributed by atoms with Gasteiger partial charge in [-0.3, -0.25) is 9.59 Å². The summed E-state index contributed by atoms with van der Waals surface area (Å²) in [6.45, 7) is 2.35. The topological polar surface area (TPSA) is 70.5 Å². The molecule has 0 saturated carbocycles. The molecule has 5 nitrogen and oxygen atoms in total. The molecule has 0 aliphatic carbocycles. The maximum absolute atomic E-state index is 12.4. The Bertz CT molecular complexity index is 487. The van der Waals surface area contributed by atoms with Crippen LogP contribution in [-0.2, 0) is 4.79 Å². The highest BCUT2D eigenvalue weighted by molar-refractivity contribution is 5.98. The van der Waals surface area contributed by atoms with Gasteiger partial charge in [0.25, 0.3) is 5.91 Å². The molecule has 1 amide bonds. The Morgan fingerprint density at radius 1 is 1.47 bits per heavy atom. The van der Waals surface area contributed by atoms with E-state index in [2.05, 4.69) is 4.98 Å². The summed E-state index contributed by atoms with van der Waals surface area (Å²) in [6, 6.07) is 2.63. The third-order valence-corrected chi connectivity index (χ3v) is 3.47. The maximum Gasteiger partial charge on any atom is 0.276 e. The first kappa shape index (κ1) is 13.5. The van der Waals surface area contributed by atoms with Crippen molar-refractivity contribution in [1.29, 1.82) is 0 Å². The molecule has 0 radical (unpaired) electrons. The summed E-state index contributed by atoms with van der Waals surface area (Å²) < 4.78 is 0. The second-order valence-corrected chi connectivity index (χ2v) is 4.70. The molecule has 1 aromatic heterocycles. The van der Waals surface area contributed by atoms with E-state index in [1.54, 1.807) is 17.9 Å². The van der Waals surface area contributed by atoms with Crippen molar-refractivity contribution in [3.63, 3.8) is 0 Å². The highest BCUT2D eigenvalue weighted by Crippen LogP contribution is 2.23. The number of ketones is 1. The van der Waals surface area contributed by atoms with Crippen molar-refractivity contribution in [2.75, 3.05) is 6.54 Å². The number of aromatic hydroxyl groups is 1. The Hall–Kier alpha value is -1.91. The number of nitrogens with zero attached hydrogens (tertiary/aromatic N) is 2. The van der Waals surface area contributed by atoms with Gasteiger partial charge in [-0.1, -0.05) is 6.92 Å². The molecule has 19 heavy (non-hydrogen) atoms. The summed E-state index contributed by atoms with van der Waals surface area (Å²) in [5, 5.41) is 9.70. The molecule has 0 aromatic carbocycles. The predicted molar refractivity (Wildman–Crippen MR) is 69.9 cm³/mol. The lowest BCUT2D eigenvalue weighted by Crippen LogP contribution is -2.48. The lowest BCUT2D eigenvalue weighted by Gasteiger charge is -2.34. The van der Waals surface area contributed by atoms with Gasteiger partial charge in [-0.15, -0.1) is 0 Å². The number of hydrogen-bond donors (Lipinski definition) is 1. The number of carbonyl (C=O) groups is 2. The fourth-order valence-electron chi connectivity index (χ4n) is 2.44. The van der Waals surface area contributed by atoms with Gasteiger partial charge in [0, 0.05) is 19.2 Å². The van der Waals surface area contributed by atoms with Crippen LogP contribution in [0.25, 0.3) is 0 Å². The van der Waals surface area contributed by atoms with Gasteiger partial charge in [0.15, 0.2) is 11.5 Å². The van der Waals surface area contributed by atoms with Crippen LogP contribution in [0.15, 0.2) is 18.3 Å². The summed E-state index contributed by atoms with van der Waals surface area (Å²) in [5.74, 6) is -0.422. The number of aromatic nitrogens is 1. The molecule has 1 aliphatic rings. The molecule has 0 bridgehead atoms. The van der Waals surface area contributed by atoms with Crippen LogP contribution in [0, 0.1) is 0 Å². The number of hydrogen-bond acceptors (Lipinski definition) is 4. The molecule has 2 heterocycles. The van der Waals surface area contributed by atoms with Crippen molar-refractivity contribution in [2.24, 2.45) is 0 Å². The average molecular weight is 262 g/mol. The van der Waals surface area contributed by atoms with E-state index in [9.17, 15) is 14.7 Å². The minimum absolute atomic E-state index is 0.0262. The number of Topliss-reactive ketones (excluding diaryl/α,β-unsaturated/α-hetero) is 1. The Morgan fingerprint density at radius 2 is 2.26 bits per heavy atom. The number of rotatable bonds is 3. The van der Waals surface area contributed by atoms with E-state index in [0.717, 1.165) is 12.8 Å². The van der Waals surface area contributed by atoms with Crippen LogP contribution >= 0.6 is 0 Å². The molecule has 1 fully saturated rings. The zero-order valence-corrected chi connectivity index (χ0v) is 11.0. The van der Waals surface area contributed by atoms with E-state index >= 15 is 0 Å². The van der Waals surface area contributed by atoms with Crippen molar-refractivity contribution in [2.45, 2.75) is 38.6 Å². The first-order valence-corrected chi connectivity index (χ1v) is 6.62. The van der Waals surface area contributed by atoms with Crippen LogP contribution in [0.5, 0.6) is 5.75 Å². The quantitative estimate of drug-likeness (QED) is 0.901. The van der Waals surface area contributed by atoms with Gasteiger partial charge in [0.2, 0.25) is 0 Å². The van der Waals surface area contributed by atoms with Crippen LogP contribution in [0.3, 0.4) is 0 Å². The molecule has 0 spiro atoms. The summed E-state index contributed by atoms with van der Waals surface area (Å²) >= 11 is 0. The number of pyridine rings is 1. The van der Waals surface area contributed by atoms with Crippen molar-refractivity contribution >= 4 is 11.7 Å². The van der Waals surface area contributed by atoms with Crippen molar-refractivity contribution < 1.29 is 14.7 Å². The Kier molecular flexibility index (Phi) is 4.14. The molecular formula is C14H18N2O3. The zero-order chi connectivity index (χ0) is 13.8. The van der Waals surface area contributed by atoms with E-state index in [1.165, 1.54) is 12.3 Å². The maximum atomic E-state index is 12.4. The smallest absolute Gasteiger partial charge is 0.276 e. The minimum Gasteiger partial charge on any atom is -0.505 e. The second kappa shape index (κ2) is 5.82. The van der Waals surface area contributed by atoms with Crippen molar-refractivity contribution in [3.8, 4) is 5.75 Å². The molecule has 102 valence electrons. The normalized spacial score (nSPS) is 19.2. The predicted octanol–water partition coefficient (Wildman–Crippen LogP) is 1.76. The largest absolute Gasteiger partial charge is 0.505 e. The molecule has 2 rings (SSSR count). The zero-order valence-electron chi connectivity index (χ0n) is 11.0. The Balaban J connectivity index is 2.25. The van der Waals surface area contributed by atoms with Gasteiger partial charge in [-0.25, -0.2) is 4.98 Å². The lowest BCUT2D eigenvalue weighted by molar-refractivity contribution is -0.124. The molecule has 1 atom stereocenters. The lowest BCUT2D eigenvalue weighted by atomic mass is 9.96. The fourth-order valence-corrected chi connectivity index (χ4v) is 2.44. The van der Waals surface area contributed by atoms with Gasteiger partial charge in [-0.2, -0.15) is 0 Å². The number of carbonyl (C=O) groups excluding carboxylic acids is 2. The van der Waals surface area contributed by atoms with Gasteiger partial charge in [-0.05, 0) is 31.4 Å². The Morgan fingerprint density at radius 3 is 2.95 bits per heavy atom. The van der Waals surface area contributed by atoms with Crippen molar-refractivity contribution in [1.82, 2.24) is 9.88 Å². The van der Waals surface area contributed by atoms with Crippen LogP contribution in [0.4, 0.5) is 0 Å². The first-order valence-electron chi connectivity index (χ1n) is 6.62. The molecule has 5 heteroatoms. The van der Waals surface area contributed by atoms with E-state index in [0.29, 0.717) is 19.4 Å². The third-order valence-electron chi connectivity index (χ3n) is 3.47. The third kappa shape index (κ3) is 2.75. The minimum atomic E-state index is -0.368. The van der Waals surface area contributed by atoms with E-state index in [4.69, 9.17) is 0 Å². The second-order valence-electron chi connectivity index (χ2n) is 4.70. The van der Waals surface area contributed by atoms with Crippen LogP contribution < -0.4 is 0 Å². The van der Waals surface area contributed by atoms with Gasteiger partial charge in [0.1, 0.15) is 5.75 Å². The van der Waals surface area contributed by atoms with Crippen LogP contribution in [-0.4, -0.2) is 39.3 Å². The summed E-state index contributed by atoms with van der Waals surface area (Å²) in [4.78, 5) is 29.8. The summed E-state index contributed by atoms with van der Waals surface area (Å²) in [5.41, 5.74) is 0.0262. The molecule has 1 N–H and O–H groups in total. The van der Waals surface area contributed by atoms with E-state index in [1.807, 2.05) is 0 Å². The summed E-state index contributed by atoms with van der Waals surface area (Å²) in [7, 11) is 0. The SMILES string of the molecule is CCC(=O)C1CCCCN1C(=O)c1ncccc1O. The van der Waals surface area contributed by atoms with Gasteiger partial charge in [0.05, 0.1) is 6.04 Å². The standard InChI is InChI=1S/C14H18N2O3/c1-2-11(17)10-6-3-4-9-16(10)14(19)13-12(18)7-5-8-15-13/h5,7-8,10,18H,2-4,6,9H2,1H3. The van der Waals surface area contributed by atoms with Gasteiger partial charge < -0.3 is 10.0 Å². The number of piperidine rings is 1. The summed E-state index contributed by atoms with van der Waals surface area (Å²) in [6.07, 6.45) is 4.42. The molecule has 1 unspecified atom stereocenters. The first-order chi connectivity index (χ1) is 9.15. The molecule has 1 aliphatic heterocycles. The average Bonchev–Trinajstić information content (AvgIpc) is 2.46. The van der Waals surface area contributed by atoms with Crippen LogP contribution in [0.1, 0.15) is 43.1 Å². The van der Waals surface area contributed by atoms with E-state index in [-0.39, 0.29) is 29.2 Å². The monoisotopic (exact) mass is 262 g/mol. The van der Waals surface area contributed by atoms with E-state index < -0.39 is 0 Å². The molecule has 1 saturated heterocycles. The highest BCUT2D eigenvalue weighted by atomic mass is 16.3. The van der Waals surface area contributed by atoms with Crippen molar-refractivity contribution in [3.05, 3.63) is 24.0 Å². The fraction of sp³-hybridized carbons (Fsp3) is 0.500. The number of amides is 1.